The fourth-order valence-electron chi connectivity index (χ4n) is 1.15. The Bertz CT molecular complexity index is 308. The van der Waals surface area contributed by atoms with Gasteiger partial charge in [0.15, 0.2) is 5.69 Å². The van der Waals surface area contributed by atoms with E-state index in [1.54, 1.807) is 6.20 Å². The van der Waals surface area contributed by atoms with Crippen molar-refractivity contribution < 1.29 is 9.53 Å². The number of carbonyl (C=O) groups excluding carboxylic acids is 1. The summed E-state index contributed by atoms with van der Waals surface area (Å²) in [5, 5.41) is 0. The second kappa shape index (κ2) is 4.03. The molecule has 0 aromatic carbocycles. The Morgan fingerprint density at radius 3 is 2.77 bits per heavy atom. The van der Waals surface area contributed by atoms with Crippen molar-refractivity contribution in [2.24, 2.45) is 0 Å². The van der Waals surface area contributed by atoms with Crippen LogP contribution in [-0.2, 0) is 4.74 Å². The third-order valence-electron chi connectivity index (χ3n) is 1.84. The number of hydrogen-bond acceptors (Lipinski definition) is 3. The number of rotatable bonds is 2. The summed E-state index contributed by atoms with van der Waals surface area (Å²) in [6.07, 6.45) is 1.60. The molecule has 3 nitrogen and oxygen atoms in total. The van der Waals surface area contributed by atoms with E-state index in [0.29, 0.717) is 5.69 Å². The molecule has 0 spiro atoms. The molecular formula is C10H13NO2. The van der Waals surface area contributed by atoms with Crippen molar-refractivity contribution in [2.75, 3.05) is 7.11 Å². The minimum absolute atomic E-state index is 0.280. The molecule has 0 aliphatic rings. The summed E-state index contributed by atoms with van der Waals surface area (Å²) in [6, 6.07) is 3.71. The number of ether oxygens (including phenoxy) is 1. The lowest BCUT2D eigenvalue weighted by molar-refractivity contribution is 0.0592. The van der Waals surface area contributed by atoms with Crippen LogP contribution < -0.4 is 0 Å². The third-order valence-corrected chi connectivity index (χ3v) is 1.84. The van der Waals surface area contributed by atoms with Gasteiger partial charge in [0.25, 0.3) is 0 Å². The van der Waals surface area contributed by atoms with Gasteiger partial charge < -0.3 is 4.74 Å². The lowest BCUT2D eigenvalue weighted by Gasteiger charge is -2.08. The van der Waals surface area contributed by atoms with Gasteiger partial charge in [-0.3, -0.25) is 0 Å². The van der Waals surface area contributed by atoms with Crippen LogP contribution in [0.15, 0.2) is 18.3 Å². The predicted molar refractivity (Wildman–Crippen MR) is 49.7 cm³/mol. The minimum Gasteiger partial charge on any atom is -0.464 e. The van der Waals surface area contributed by atoms with E-state index in [4.69, 9.17) is 0 Å². The highest BCUT2D eigenvalue weighted by Gasteiger charge is 2.14. The Hall–Kier alpha value is -1.38. The zero-order valence-electron chi connectivity index (χ0n) is 8.07. The van der Waals surface area contributed by atoms with Crippen molar-refractivity contribution in [3.63, 3.8) is 0 Å². The fourth-order valence-corrected chi connectivity index (χ4v) is 1.15. The van der Waals surface area contributed by atoms with Gasteiger partial charge in [-0.05, 0) is 17.5 Å². The molecular weight excluding hydrogens is 166 g/mol. The van der Waals surface area contributed by atoms with E-state index in [1.807, 2.05) is 26.0 Å². The second-order valence-corrected chi connectivity index (χ2v) is 3.09. The van der Waals surface area contributed by atoms with Crippen LogP contribution in [0.1, 0.15) is 35.8 Å². The number of pyridine rings is 1. The summed E-state index contributed by atoms with van der Waals surface area (Å²) in [7, 11) is 1.36. The molecule has 0 unspecified atom stereocenters. The molecule has 0 bridgehead atoms. The second-order valence-electron chi connectivity index (χ2n) is 3.09. The van der Waals surface area contributed by atoms with Crippen LogP contribution >= 0.6 is 0 Å². The molecule has 1 aromatic rings. The molecule has 0 saturated heterocycles. The number of hydrogen-bond donors (Lipinski definition) is 0. The highest BCUT2D eigenvalue weighted by Crippen LogP contribution is 2.17. The molecule has 0 radical (unpaired) electrons. The zero-order chi connectivity index (χ0) is 9.84. The molecule has 0 fully saturated rings. The van der Waals surface area contributed by atoms with Gasteiger partial charge in [0, 0.05) is 6.20 Å². The van der Waals surface area contributed by atoms with E-state index < -0.39 is 0 Å². The molecule has 1 aromatic heterocycles. The number of aromatic nitrogens is 1. The Balaban J connectivity index is 3.12. The average Bonchev–Trinajstić information content (AvgIpc) is 2.16. The van der Waals surface area contributed by atoms with Crippen LogP contribution in [-0.4, -0.2) is 18.1 Å². The Labute approximate surface area is 77.8 Å². The summed E-state index contributed by atoms with van der Waals surface area (Å²) in [5.41, 5.74) is 1.34. The first-order valence-corrected chi connectivity index (χ1v) is 4.20. The third kappa shape index (κ3) is 2.05. The van der Waals surface area contributed by atoms with Crippen LogP contribution in [0.25, 0.3) is 0 Å². The molecule has 13 heavy (non-hydrogen) atoms. The maximum atomic E-state index is 11.3. The summed E-state index contributed by atoms with van der Waals surface area (Å²) in [6.45, 7) is 4.03. The normalized spacial score (nSPS) is 10.2. The first kappa shape index (κ1) is 9.71. The molecule has 0 atom stereocenters. The number of esters is 1. The Morgan fingerprint density at radius 1 is 1.54 bits per heavy atom. The van der Waals surface area contributed by atoms with Crippen LogP contribution in [0.4, 0.5) is 0 Å². The molecule has 1 rings (SSSR count). The Morgan fingerprint density at radius 2 is 2.23 bits per heavy atom. The van der Waals surface area contributed by atoms with E-state index in [2.05, 4.69) is 9.72 Å². The van der Waals surface area contributed by atoms with Crippen molar-refractivity contribution in [1.82, 2.24) is 4.98 Å². The van der Waals surface area contributed by atoms with Gasteiger partial charge in [0.05, 0.1) is 7.11 Å². The highest BCUT2D eigenvalue weighted by atomic mass is 16.5. The lowest BCUT2D eigenvalue weighted by atomic mass is 10.0. The van der Waals surface area contributed by atoms with Crippen molar-refractivity contribution in [3.8, 4) is 0 Å². The van der Waals surface area contributed by atoms with Gasteiger partial charge in [0.1, 0.15) is 0 Å². The highest BCUT2D eigenvalue weighted by molar-refractivity contribution is 5.88. The van der Waals surface area contributed by atoms with Gasteiger partial charge in [0.2, 0.25) is 0 Å². The van der Waals surface area contributed by atoms with Crippen LogP contribution in [0.5, 0.6) is 0 Å². The predicted octanol–water partition coefficient (Wildman–Crippen LogP) is 1.99. The summed E-state index contributed by atoms with van der Waals surface area (Å²) >= 11 is 0. The van der Waals surface area contributed by atoms with E-state index in [1.165, 1.54) is 7.11 Å². The van der Waals surface area contributed by atoms with Crippen LogP contribution in [0.3, 0.4) is 0 Å². The van der Waals surface area contributed by atoms with Gasteiger partial charge in [-0.1, -0.05) is 19.9 Å². The first-order chi connectivity index (χ1) is 6.16. The minimum atomic E-state index is -0.371. The maximum Gasteiger partial charge on any atom is 0.356 e. The summed E-state index contributed by atoms with van der Waals surface area (Å²) < 4.78 is 4.63. The first-order valence-electron chi connectivity index (χ1n) is 4.20. The summed E-state index contributed by atoms with van der Waals surface area (Å²) in [4.78, 5) is 15.3. The van der Waals surface area contributed by atoms with Gasteiger partial charge in [-0.15, -0.1) is 0 Å². The van der Waals surface area contributed by atoms with E-state index in [9.17, 15) is 4.79 Å². The van der Waals surface area contributed by atoms with Crippen LogP contribution in [0.2, 0.25) is 0 Å². The van der Waals surface area contributed by atoms with Gasteiger partial charge >= 0.3 is 5.97 Å². The van der Waals surface area contributed by atoms with E-state index in [0.717, 1.165) is 5.56 Å². The maximum absolute atomic E-state index is 11.3. The number of carbonyl (C=O) groups is 1. The molecule has 3 heteroatoms. The standard InChI is InChI=1S/C10H13NO2/c1-7(2)8-5-4-6-11-9(8)10(12)13-3/h4-7H,1-3H3. The lowest BCUT2D eigenvalue weighted by Crippen LogP contribution is -2.09. The van der Waals surface area contributed by atoms with Gasteiger partial charge in [-0.25, -0.2) is 9.78 Å². The molecule has 0 N–H and O–H groups in total. The van der Waals surface area contributed by atoms with Gasteiger partial charge in [-0.2, -0.15) is 0 Å². The molecule has 0 saturated carbocycles. The van der Waals surface area contributed by atoms with E-state index >= 15 is 0 Å². The molecule has 1 heterocycles. The quantitative estimate of drug-likeness (QED) is 0.652. The fraction of sp³-hybridized carbons (Fsp3) is 0.400. The van der Waals surface area contributed by atoms with Crippen molar-refractivity contribution >= 4 is 5.97 Å². The topological polar surface area (TPSA) is 39.2 Å². The zero-order valence-corrected chi connectivity index (χ0v) is 8.07. The average molecular weight is 179 g/mol. The SMILES string of the molecule is COC(=O)c1ncccc1C(C)C. The smallest absolute Gasteiger partial charge is 0.356 e. The van der Waals surface area contributed by atoms with Crippen molar-refractivity contribution in [3.05, 3.63) is 29.6 Å². The van der Waals surface area contributed by atoms with Crippen molar-refractivity contribution in [1.29, 1.82) is 0 Å². The molecule has 0 aliphatic carbocycles. The summed E-state index contributed by atoms with van der Waals surface area (Å²) in [5.74, 6) is -0.0906. The Kier molecular flexibility index (Phi) is 3.01. The number of methoxy groups -OCH3 is 1. The largest absolute Gasteiger partial charge is 0.464 e. The van der Waals surface area contributed by atoms with Crippen molar-refractivity contribution in [2.45, 2.75) is 19.8 Å². The molecule has 70 valence electrons. The number of nitrogens with zero attached hydrogens (tertiary/aromatic N) is 1. The van der Waals surface area contributed by atoms with E-state index in [-0.39, 0.29) is 11.9 Å². The van der Waals surface area contributed by atoms with Crippen LogP contribution in [0, 0.1) is 0 Å². The monoisotopic (exact) mass is 179 g/mol. The molecule has 0 amide bonds. The molecule has 0 aliphatic heterocycles.